The van der Waals surface area contributed by atoms with E-state index in [9.17, 15) is 18.8 Å². The van der Waals surface area contributed by atoms with Crippen molar-refractivity contribution in [1.82, 2.24) is 33.9 Å². The van der Waals surface area contributed by atoms with Crippen molar-refractivity contribution in [2.75, 3.05) is 13.1 Å². The van der Waals surface area contributed by atoms with E-state index in [2.05, 4.69) is 62.9 Å². The van der Waals surface area contributed by atoms with E-state index in [1.54, 1.807) is 6.07 Å². The van der Waals surface area contributed by atoms with Gasteiger partial charge in [-0.3, -0.25) is 19.1 Å². The second-order valence-electron chi connectivity index (χ2n) is 14.7. The van der Waals surface area contributed by atoms with Crippen molar-refractivity contribution < 1.29 is 13.9 Å². The number of amides is 1. The predicted molar refractivity (Wildman–Crippen MR) is 196 cm³/mol. The topological polar surface area (TPSA) is 116 Å². The van der Waals surface area contributed by atoms with E-state index in [1.807, 2.05) is 24.4 Å². The number of hydrogen-bond donors (Lipinski definition) is 1. The molecule has 3 aliphatic rings. The second-order valence-corrected chi connectivity index (χ2v) is 14.7. The molecule has 1 aliphatic carbocycles. The van der Waals surface area contributed by atoms with Crippen molar-refractivity contribution >= 4 is 16.9 Å². The lowest BCUT2D eigenvalue weighted by atomic mass is 9.90. The van der Waals surface area contributed by atoms with Crippen LogP contribution in [-0.4, -0.2) is 65.8 Å². The largest absolute Gasteiger partial charge is 0.373 e. The van der Waals surface area contributed by atoms with Gasteiger partial charge < -0.3 is 14.6 Å². The van der Waals surface area contributed by atoms with E-state index in [4.69, 9.17) is 4.74 Å². The van der Waals surface area contributed by atoms with Crippen molar-refractivity contribution in [2.45, 2.75) is 96.2 Å². The third-order valence-electron chi connectivity index (χ3n) is 10.7. The Hall–Kier alpha value is -4.94. The molecule has 1 saturated carbocycles. The molecular weight excluding hydrogens is 661 g/mol. The normalized spacial score (nSPS) is 22.3. The van der Waals surface area contributed by atoms with Crippen LogP contribution in [0, 0.1) is 5.82 Å². The summed E-state index contributed by atoms with van der Waals surface area (Å²) in [6.45, 7) is 7.71. The lowest BCUT2D eigenvalue weighted by Crippen LogP contribution is -2.45. The molecule has 0 bridgehead atoms. The zero-order chi connectivity index (χ0) is 35.9. The number of aromatic nitrogens is 5. The third kappa shape index (κ3) is 6.84. The molecule has 52 heavy (non-hydrogen) atoms. The van der Waals surface area contributed by atoms with Gasteiger partial charge in [-0.05, 0) is 87.3 Å². The number of halogens is 1. The van der Waals surface area contributed by atoms with Crippen LogP contribution in [0.5, 0.6) is 0 Å². The summed E-state index contributed by atoms with van der Waals surface area (Å²) in [6, 6.07) is 16.6. The number of benzene rings is 2. The summed E-state index contributed by atoms with van der Waals surface area (Å²) in [7, 11) is 0. The third-order valence-corrected chi connectivity index (χ3v) is 10.7. The maximum absolute atomic E-state index is 14.6. The Kier molecular flexibility index (Phi) is 9.35. The number of rotatable bonds is 7. The molecule has 0 radical (unpaired) electrons. The summed E-state index contributed by atoms with van der Waals surface area (Å²) < 4.78 is 25.2. The number of aryl methyl sites for hydroxylation is 2. The fourth-order valence-corrected chi connectivity index (χ4v) is 8.30. The van der Waals surface area contributed by atoms with E-state index in [1.165, 1.54) is 14.7 Å². The number of carbonyl (C=O) groups is 1. The van der Waals surface area contributed by atoms with Gasteiger partial charge in [-0.15, -0.1) is 0 Å². The maximum Gasteiger partial charge on any atom is 0.337 e. The van der Waals surface area contributed by atoms with Gasteiger partial charge in [0.1, 0.15) is 17.3 Å². The second kappa shape index (κ2) is 14.2. The van der Waals surface area contributed by atoms with E-state index in [0.29, 0.717) is 37.1 Å². The summed E-state index contributed by atoms with van der Waals surface area (Å²) >= 11 is 0. The van der Waals surface area contributed by atoms with Crippen molar-refractivity contribution in [3.8, 4) is 16.8 Å². The molecule has 1 saturated heterocycles. The number of morpholine rings is 1. The molecule has 3 aromatic heterocycles. The van der Waals surface area contributed by atoms with Gasteiger partial charge in [0.25, 0.3) is 11.5 Å². The Bertz CT molecular complexity index is 2200. The minimum absolute atomic E-state index is 0.0419. The van der Waals surface area contributed by atoms with Crippen molar-refractivity contribution in [3.05, 3.63) is 111 Å². The molecule has 5 heterocycles. The lowest BCUT2D eigenvalue weighted by Gasteiger charge is -2.35. The number of pyridine rings is 1. The summed E-state index contributed by atoms with van der Waals surface area (Å²) in [5.74, 6) is 0.0990. The van der Waals surface area contributed by atoms with Crippen molar-refractivity contribution in [3.63, 3.8) is 0 Å². The molecule has 1 N–H and O–H groups in total. The Morgan fingerprint density at radius 2 is 1.73 bits per heavy atom. The molecular formula is C40H44FN7O4. The first-order valence-corrected chi connectivity index (χ1v) is 18.5. The summed E-state index contributed by atoms with van der Waals surface area (Å²) in [6.07, 6.45) is 8.49. The molecule has 270 valence electrons. The van der Waals surface area contributed by atoms with Crippen LogP contribution in [0.15, 0.2) is 76.6 Å². The Labute approximate surface area is 301 Å². The number of ether oxygens (including phenoxy) is 1. The van der Waals surface area contributed by atoms with E-state index in [0.717, 1.165) is 74.7 Å². The molecule has 5 aromatic rings. The highest BCUT2D eigenvalue weighted by atomic mass is 19.1. The molecule has 0 unspecified atom stereocenters. The van der Waals surface area contributed by atoms with Crippen LogP contribution in [0.4, 0.5) is 4.39 Å². The molecule has 2 aromatic carbocycles. The van der Waals surface area contributed by atoms with Gasteiger partial charge in [0, 0.05) is 50.9 Å². The van der Waals surface area contributed by atoms with Crippen LogP contribution in [0.3, 0.4) is 0 Å². The van der Waals surface area contributed by atoms with Crippen LogP contribution in [0.1, 0.15) is 80.3 Å². The zero-order valence-electron chi connectivity index (χ0n) is 29.6. The quantitative estimate of drug-likeness (QED) is 0.241. The SMILES string of the molecule is C[C@@H]1CN(Cc2ccc(-c3cccc(-n4c(=O)n(C5CCC(NC(=O)c6cn7c(n6)CCCC7)CC5)c(=O)c5cc(F)cnc54)c3)cc2)C[C@H](C)O1. The Balaban J connectivity index is 1.04. The van der Waals surface area contributed by atoms with Crippen LogP contribution < -0.4 is 16.6 Å². The Morgan fingerprint density at radius 3 is 2.48 bits per heavy atom. The summed E-state index contributed by atoms with van der Waals surface area (Å²) in [5.41, 5.74) is 3.07. The van der Waals surface area contributed by atoms with Crippen molar-refractivity contribution in [1.29, 1.82) is 0 Å². The van der Waals surface area contributed by atoms with Gasteiger partial charge in [0.15, 0.2) is 5.65 Å². The van der Waals surface area contributed by atoms with Crippen LogP contribution in [-0.2, 0) is 24.2 Å². The molecule has 2 aliphatic heterocycles. The minimum atomic E-state index is -0.649. The Morgan fingerprint density at radius 1 is 0.962 bits per heavy atom. The first-order valence-electron chi connectivity index (χ1n) is 18.5. The van der Waals surface area contributed by atoms with Crippen LogP contribution >= 0.6 is 0 Å². The summed E-state index contributed by atoms with van der Waals surface area (Å²) in [5, 5.41) is 3.16. The number of nitrogens with one attached hydrogen (secondary N) is 1. The average molecular weight is 706 g/mol. The fraction of sp³-hybridized carbons (Fsp3) is 0.425. The average Bonchev–Trinajstić information content (AvgIpc) is 3.58. The van der Waals surface area contributed by atoms with E-state index >= 15 is 0 Å². The predicted octanol–water partition coefficient (Wildman–Crippen LogP) is 5.41. The first kappa shape index (κ1) is 34.2. The number of hydrogen-bond acceptors (Lipinski definition) is 7. The molecule has 2 fully saturated rings. The number of nitrogens with zero attached hydrogens (tertiary/aromatic N) is 6. The highest BCUT2D eigenvalue weighted by molar-refractivity contribution is 5.92. The first-order chi connectivity index (χ1) is 25.2. The standard InChI is InChI=1S/C40H44FN7O4/c1-25-21-45(22-26(2)52-25)23-27-9-11-28(12-10-27)29-6-5-7-33(18-29)47-37-34(19-30(41)20-42-37)39(50)48(40(47)51)32-15-13-31(14-16-32)43-38(49)35-24-46-17-4-3-8-36(46)44-35/h5-7,9-12,18-20,24-26,31-32H,3-4,8,13-17,21-23H2,1-2H3,(H,43,49)/t25-,26+,31?,32?. The van der Waals surface area contributed by atoms with E-state index in [-0.39, 0.29) is 35.2 Å². The monoisotopic (exact) mass is 705 g/mol. The van der Waals surface area contributed by atoms with Gasteiger partial charge in [-0.25, -0.2) is 23.7 Å². The number of fused-ring (bicyclic) bond motifs is 2. The fourth-order valence-electron chi connectivity index (χ4n) is 8.30. The van der Waals surface area contributed by atoms with Gasteiger partial charge in [0.05, 0.1) is 29.5 Å². The van der Waals surface area contributed by atoms with Gasteiger partial charge in [-0.1, -0.05) is 36.4 Å². The van der Waals surface area contributed by atoms with Gasteiger partial charge in [-0.2, -0.15) is 0 Å². The number of imidazole rings is 1. The smallest absolute Gasteiger partial charge is 0.337 e. The van der Waals surface area contributed by atoms with Crippen LogP contribution in [0.25, 0.3) is 27.8 Å². The van der Waals surface area contributed by atoms with Gasteiger partial charge in [0.2, 0.25) is 0 Å². The zero-order valence-corrected chi connectivity index (χ0v) is 29.6. The minimum Gasteiger partial charge on any atom is -0.373 e. The summed E-state index contributed by atoms with van der Waals surface area (Å²) in [4.78, 5) is 52.5. The number of carbonyl (C=O) groups excluding carboxylic acids is 1. The molecule has 8 rings (SSSR count). The molecule has 0 spiro atoms. The van der Waals surface area contributed by atoms with Crippen LogP contribution in [0.2, 0.25) is 0 Å². The molecule has 11 nitrogen and oxygen atoms in total. The highest BCUT2D eigenvalue weighted by Gasteiger charge is 2.29. The lowest BCUT2D eigenvalue weighted by molar-refractivity contribution is -0.0704. The maximum atomic E-state index is 14.6. The van der Waals surface area contributed by atoms with Crippen molar-refractivity contribution in [2.24, 2.45) is 0 Å². The van der Waals surface area contributed by atoms with E-state index < -0.39 is 23.1 Å². The molecule has 2 atom stereocenters. The molecule has 12 heteroatoms. The highest BCUT2D eigenvalue weighted by Crippen LogP contribution is 2.29. The molecule has 1 amide bonds. The van der Waals surface area contributed by atoms with Gasteiger partial charge >= 0.3 is 5.69 Å².